The summed E-state index contributed by atoms with van der Waals surface area (Å²) in [6, 6.07) is 8.30. The lowest BCUT2D eigenvalue weighted by Crippen LogP contribution is -2.29. The molecule has 2 unspecified atom stereocenters. The first-order chi connectivity index (χ1) is 8.69. The average Bonchev–Trinajstić information content (AvgIpc) is 2.38. The van der Waals surface area contributed by atoms with Gasteiger partial charge in [0.25, 0.3) is 0 Å². The molecule has 0 aliphatic heterocycles. The Hall–Kier alpha value is -0.380. The van der Waals surface area contributed by atoms with Crippen molar-refractivity contribution < 1.29 is 4.74 Å². The maximum atomic E-state index is 6.17. The van der Waals surface area contributed by atoms with Crippen LogP contribution >= 0.6 is 15.9 Å². The molecule has 102 valence electrons. The molecule has 2 nitrogen and oxygen atoms in total. The molecule has 0 aliphatic rings. The normalized spacial score (nSPS) is 14.4. The Balaban J connectivity index is 2.66. The molecule has 2 N–H and O–H groups in total. The molecule has 0 aliphatic carbocycles. The largest absolute Gasteiger partial charge is 0.372 e. The third kappa shape index (κ3) is 5.09. The summed E-state index contributed by atoms with van der Waals surface area (Å²) in [4.78, 5) is 0. The van der Waals surface area contributed by atoms with Gasteiger partial charge >= 0.3 is 0 Å². The van der Waals surface area contributed by atoms with Gasteiger partial charge in [-0.05, 0) is 30.5 Å². The number of ether oxygens (including phenoxy) is 1. The van der Waals surface area contributed by atoms with Crippen molar-refractivity contribution in [2.24, 2.45) is 5.73 Å². The van der Waals surface area contributed by atoms with Gasteiger partial charge in [0.1, 0.15) is 0 Å². The molecule has 2 atom stereocenters. The van der Waals surface area contributed by atoms with Gasteiger partial charge in [-0.1, -0.05) is 54.8 Å². The van der Waals surface area contributed by atoms with E-state index in [1.165, 1.54) is 12.8 Å². The Kier molecular flexibility index (Phi) is 7.56. The SMILES string of the molecule is CCCCCOC(c1cccc(Br)c1)C(N)CC. The number of nitrogens with two attached hydrogens (primary N) is 1. The second-order valence-electron chi connectivity index (χ2n) is 4.63. The molecule has 0 saturated carbocycles. The van der Waals surface area contributed by atoms with Gasteiger partial charge < -0.3 is 10.5 Å². The van der Waals surface area contributed by atoms with E-state index in [1.807, 2.05) is 12.1 Å². The van der Waals surface area contributed by atoms with Gasteiger partial charge in [-0.3, -0.25) is 0 Å². The van der Waals surface area contributed by atoms with Gasteiger partial charge in [0.15, 0.2) is 0 Å². The third-order valence-electron chi connectivity index (χ3n) is 3.08. The molecule has 0 heterocycles. The van der Waals surface area contributed by atoms with Gasteiger partial charge in [0.05, 0.1) is 6.10 Å². The molecule has 0 saturated heterocycles. The minimum absolute atomic E-state index is 0.00403. The molecular weight excluding hydrogens is 290 g/mol. The van der Waals surface area contributed by atoms with Crippen LogP contribution in [0.1, 0.15) is 51.2 Å². The van der Waals surface area contributed by atoms with Gasteiger partial charge in [-0.15, -0.1) is 0 Å². The minimum atomic E-state index is 0.00403. The number of hydrogen-bond donors (Lipinski definition) is 1. The predicted molar refractivity (Wildman–Crippen MR) is 80.6 cm³/mol. The van der Waals surface area contributed by atoms with Crippen LogP contribution in [0.5, 0.6) is 0 Å². The molecule has 0 fully saturated rings. The lowest BCUT2D eigenvalue weighted by atomic mass is 10.0. The van der Waals surface area contributed by atoms with Crippen LogP contribution in [0.3, 0.4) is 0 Å². The van der Waals surface area contributed by atoms with Crippen LogP contribution in [0.2, 0.25) is 0 Å². The van der Waals surface area contributed by atoms with Crippen LogP contribution < -0.4 is 5.73 Å². The van der Waals surface area contributed by atoms with Crippen molar-refractivity contribution in [3.63, 3.8) is 0 Å². The fraction of sp³-hybridized carbons (Fsp3) is 0.600. The number of benzene rings is 1. The molecule has 0 aromatic heterocycles. The van der Waals surface area contributed by atoms with Crippen LogP contribution in [-0.2, 0) is 4.74 Å². The summed E-state index contributed by atoms with van der Waals surface area (Å²) >= 11 is 3.50. The summed E-state index contributed by atoms with van der Waals surface area (Å²) in [6.07, 6.45) is 4.46. The van der Waals surface area contributed by atoms with Crippen molar-refractivity contribution in [3.8, 4) is 0 Å². The van der Waals surface area contributed by atoms with E-state index in [0.717, 1.165) is 29.5 Å². The molecule has 18 heavy (non-hydrogen) atoms. The van der Waals surface area contributed by atoms with Crippen LogP contribution in [0.15, 0.2) is 28.7 Å². The number of unbranched alkanes of at least 4 members (excludes halogenated alkanes) is 2. The summed E-state index contributed by atoms with van der Waals surface area (Å²) in [5, 5.41) is 0. The number of hydrogen-bond acceptors (Lipinski definition) is 2. The third-order valence-corrected chi connectivity index (χ3v) is 3.58. The Morgan fingerprint density at radius 3 is 2.67 bits per heavy atom. The monoisotopic (exact) mass is 313 g/mol. The summed E-state index contributed by atoms with van der Waals surface area (Å²) < 4.78 is 7.07. The number of halogens is 1. The van der Waals surface area contributed by atoms with Crippen LogP contribution in [0.25, 0.3) is 0 Å². The first-order valence-corrected chi connectivity index (χ1v) is 7.61. The number of rotatable bonds is 8. The summed E-state index contributed by atoms with van der Waals surface area (Å²) in [5.41, 5.74) is 7.34. The molecule has 0 radical (unpaired) electrons. The van der Waals surface area contributed by atoms with Gasteiger partial charge in [0.2, 0.25) is 0 Å². The molecule has 1 aromatic carbocycles. The maximum Gasteiger partial charge on any atom is 0.0975 e. The first-order valence-electron chi connectivity index (χ1n) is 6.81. The molecular formula is C15H24BrNO. The topological polar surface area (TPSA) is 35.2 Å². The minimum Gasteiger partial charge on any atom is -0.372 e. The molecule has 3 heteroatoms. The highest BCUT2D eigenvalue weighted by Gasteiger charge is 2.19. The molecule has 0 amide bonds. The standard InChI is InChI=1S/C15H24BrNO/c1-3-5-6-10-18-15(14(17)4-2)12-8-7-9-13(16)11-12/h7-9,11,14-15H,3-6,10,17H2,1-2H3. The Bertz CT molecular complexity index is 343. The Morgan fingerprint density at radius 1 is 1.28 bits per heavy atom. The van der Waals surface area contributed by atoms with Crippen LogP contribution in [0, 0.1) is 0 Å². The van der Waals surface area contributed by atoms with Crippen LogP contribution in [-0.4, -0.2) is 12.6 Å². The Labute approximate surface area is 119 Å². The highest BCUT2D eigenvalue weighted by Crippen LogP contribution is 2.25. The molecule has 0 spiro atoms. The van der Waals surface area contributed by atoms with E-state index in [-0.39, 0.29) is 12.1 Å². The highest BCUT2D eigenvalue weighted by molar-refractivity contribution is 9.10. The fourth-order valence-electron chi connectivity index (χ4n) is 1.93. The van der Waals surface area contributed by atoms with E-state index in [1.54, 1.807) is 0 Å². The predicted octanol–water partition coefficient (Wildman–Crippen LogP) is 4.43. The molecule has 1 aromatic rings. The van der Waals surface area contributed by atoms with Gasteiger partial charge in [0, 0.05) is 17.1 Å². The first kappa shape index (κ1) is 15.7. The summed E-state index contributed by atoms with van der Waals surface area (Å²) in [6.45, 7) is 5.09. The van der Waals surface area contributed by atoms with Crippen molar-refractivity contribution >= 4 is 15.9 Å². The molecule has 1 rings (SSSR count). The van der Waals surface area contributed by atoms with Crippen molar-refractivity contribution in [3.05, 3.63) is 34.3 Å². The van der Waals surface area contributed by atoms with E-state index in [4.69, 9.17) is 10.5 Å². The Morgan fingerprint density at radius 2 is 2.06 bits per heavy atom. The summed E-state index contributed by atoms with van der Waals surface area (Å²) in [7, 11) is 0. The van der Waals surface area contributed by atoms with E-state index in [9.17, 15) is 0 Å². The lowest BCUT2D eigenvalue weighted by Gasteiger charge is -2.24. The second-order valence-corrected chi connectivity index (χ2v) is 5.54. The van der Waals surface area contributed by atoms with Gasteiger partial charge in [-0.2, -0.15) is 0 Å². The second kappa shape index (κ2) is 8.68. The van der Waals surface area contributed by atoms with Crippen molar-refractivity contribution in [1.82, 2.24) is 0 Å². The quantitative estimate of drug-likeness (QED) is 0.720. The highest BCUT2D eigenvalue weighted by atomic mass is 79.9. The fourth-order valence-corrected chi connectivity index (χ4v) is 2.34. The van der Waals surface area contributed by atoms with E-state index in [0.29, 0.717) is 0 Å². The lowest BCUT2D eigenvalue weighted by molar-refractivity contribution is 0.0312. The zero-order chi connectivity index (χ0) is 13.4. The van der Waals surface area contributed by atoms with Crippen molar-refractivity contribution in [2.45, 2.75) is 51.7 Å². The zero-order valence-electron chi connectivity index (χ0n) is 11.4. The van der Waals surface area contributed by atoms with Gasteiger partial charge in [-0.25, -0.2) is 0 Å². The summed E-state index contributed by atoms with van der Waals surface area (Å²) in [5.74, 6) is 0. The maximum absolute atomic E-state index is 6.17. The van der Waals surface area contributed by atoms with Crippen LogP contribution in [0.4, 0.5) is 0 Å². The van der Waals surface area contributed by atoms with Crippen molar-refractivity contribution in [1.29, 1.82) is 0 Å². The van der Waals surface area contributed by atoms with Crippen molar-refractivity contribution in [2.75, 3.05) is 6.61 Å². The molecule has 0 bridgehead atoms. The van der Waals surface area contributed by atoms with E-state index >= 15 is 0 Å². The smallest absolute Gasteiger partial charge is 0.0975 e. The van der Waals surface area contributed by atoms with E-state index in [2.05, 4.69) is 41.9 Å². The average molecular weight is 314 g/mol. The van der Waals surface area contributed by atoms with E-state index < -0.39 is 0 Å². The zero-order valence-corrected chi connectivity index (χ0v) is 12.9.